The normalized spacial score (nSPS) is 21.0. The number of anilines is 1. The highest BCUT2D eigenvalue weighted by atomic mass is 32.2. The van der Waals surface area contributed by atoms with Crippen molar-refractivity contribution in [2.45, 2.75) is 6.04 Å². The van der Waals surface area contributed by atoms with E-state index in [2.05, 4.69) is 15.6 Å². The summed E-state index contributed by atoms with van der Waals surface area (Å²) in [5, 5.41) is 15.7. The molecule has 1 aromatic rings. The first-order valence-electron chi connectivity index (χ1n) is 6.95. The fourth-order valence-corrected chi connectivity index (χ4v) is 3.51. The Kier molecular flexibility index (Phi) is 4.35. The summed E-state index contributed by atoms with van der Waals surface area (Å²) in [7, 11) is 1.64. The van der Waals surface area contributed by atoms with Crippen molar-refractivity contribution >= 4 is 29.1 Å². The molecule has 0 spiro atoms. The maximum absolute atomic E-state index is 11.1. The molecule has 22 heavy (non-hydrogen) atoms. The number of nitrogens with zero attached hydrogens (tertiary/aromatic N) is 1. The van der Waals surface area contributed by atoms with Crippen molar-refractivity contribution in [3.05, 3.63) is 34.9 Å². The molecule has 6 nitrogen and oxygen atoms in total. The van der Waals surface area contributed by atoms with Gasteiger partial charge in [0, 0.05) is 30.2 Å². The van der Waals surface area contributed by atoms with Gasteiger partial charge >= 0.3 is 5.97 Å². The van der Waals surface area contributed by atoms with Gasteiger partial charge in [0.1, 0.15) is 5.75 Å². The maximum Gasteiger partial charge on any atom is 0.329 e. The number of rotatable bonds is 4. The van der Waals surface area contributed by atoms with Crippen molar-refractivity contribution in [2.75, 3.05) is 31.3 Å². The van der Waals surface area contributed by atoms with Crippen LogP contribution in [0.5, 0.6) is 5.75 Å². The molecular formula is C15H17N3O3S. The summed E-state index contributed by atoms with van der Waals surface area (Å²) < 4.78 is 5.15. The Labute approximate surface area is 132 Å². The number of methoxy groups -OCH3 is 1. The van der Waals surface area contributed by atoms with Crippen molar-refractivity contribution in [3.63, 3.8) is 0 Å². The highest BCUT2D eigenvalue weighted by Gasteiger charge is 2.28. The molecular weight excluding hydrogens is 302 g/mol. The molecule has 0 radical (unpaired) electrons. The maximum atomic E-state index is 11.1. The first kappa shape index (κ1) is 14.9. The van der Waals surface area contributed by atoms with Crippen LogP contribution in [-0.2, 0) is 4.79 Å². The van der Waals surface area contributed by atoms with Gasteiger partial charge in [-0.3, -0.25) is 4.99 Å². The summed E-state index contributed by atoms with van der Waals surface area (Å²) in [5.74, 6) is 0.417. The van der Waals surface area contributed by atoms with Crippen molar-refractivity contribution in [1.82, 2.24) is 5.32 Å². The largest absolute Gasteiger partial charge is 0.497 e. The number of benzene rings is 1. The van der Waals surface area contributed by atoms with Gasteiger partial charge in [-0.1, -0.05) is 0 Å². The molecule has 116 valence electrons. The first-order chi connectivity index (χ1) is 10.7. The number of fused-ring (bicyclic) bond motifs is 1. The van der Waals surface area contributed by atoms with Gasteiger partial charge in [0.2, 0.25) is 0 Å². The van der Waals surface area contributed by atoms with Crippen molar-refractivity contribution in [2.24, 2.45) is 4.99 Å². The van der Waals surface area contributed by atoms with Crippen molar-refractivity contribution in [1.29, 1.82) is 0 Å². The van der Waals surface area contributed by atoms with Crippen LogP contribution in [-0.4, -0.2) is 48.8 Å². The zero-order valence-electron chi connectivity index (χ0n) is 12.1. The van der Waals surface area contributed by atoms with Crippen molar-refractivity contribution in [3.8, 4) is 5.75 Å². The van der Waals surface area contributed by atoms with E-state index < -0.39 is 12.0 Å². The van der Waals surface area contributed by atoms with Gasteiger partial charge in [-0.2, -0.15) is 0 Å². The molecule has 7 heteroatoms. The molecule has 2 aliphatic heterocycles. The molecule has 0 fully saturated rings. The van der Waals surface area contributed by atoms with E-state index in [0.29, 0.717) is 18.8 Å². The minimum absolute atomic E-state index is 0.474. The SMILES string of the molecule is COc1ccc(NC2=C3SCC(C(=O)O)N=C3CNC2)cc1. The molecule has 0 aromatic heterocycles. The summed E-state index contributed by atoms with van der Waals surface area (Å²) in [6, 6.07) is 7.04. The quantitative estimate of drug-likeness (QED) is 0.781. The van der Waals surface area contributed by atoms with Crippen LogP contribution < -0.4 is 15.4 Å². The molecule has 0 bridgehead atoms. The Morgan fingerprint density at radius 2 is 2.18 bits per heavy atom. The lowest BCUT2D eigenvalue weighted by atomic mass is 10.2. The van der Waals surface area contributed by atoms with Gasteiger partial charge < -0.3 is 20.5 Å². The molecule has 1 atom stereocenters. The minimum atomic E-state index is -0.866. The lowest BCUT2D eigenvalue weighted by molar-refractivity contribution is -0.137. The van der Waals surface area contributed by atoms with Gasteiger partial charge in [-0.25, -0.2) is 4.79 Å². The van der Waals surface area contributed by atoms with E-state index in [0.717, 1.165) is 27.8 Å². The van der Waals surface area contributed by atoms with Gasteiger partial charge in [-0.05, 0) is 24.3 Å². The third-order valence-corrected chi connectivity index (χ3v) is 4.75. The van der Waals surface area contributed by atoms with Crippen molar-refractivity contribution < 1.29 is 14.6 Å². The topological polar surface area (TPSA) is 83.0 Å². The second-order valence-electron chi connectivity index (χ2n) is 5.01. The number of thioether (sulfide) groups is 1. The highest BCUT2D eigenvalue weighted by molar-refractivity contribution is 8.04. The monoisotopic (exact) mass is 319 g/mol. The predicted molar refractivity (Wildman–Crippen MR) is 87.8 cm³/mol. The number of carbonyl (C=O) groups is 1. The molecule has 0 saturated heterocycles. The Balaban J connectivity index is 1.83. The average Bonchev–Trinajstić information content (AvgIpc) is 2.55. The Hall–Kier alpha value is -1.99. The summed E-state index contributed by atoms with van der Waals surface area (Å²) in [6.07, 6.45) is 0. The standard InChI is InChI=1S/C15H17N3O3S/c1-21-10-4-2-9(3-5-10)17-11-6-16-7-12-14(11)22-8-13(18-12)15(19)20/h2-5,13,16-17H,6-8H2,1H3,(H,19,20). The summed E-state index contributed by atoms with van der Waals surface area (Å²) >= 11 is 1.56. The summed E-state index contributed by atoms with van der Waals surface area (Å²) in [5.41, 5.74) is 2.82. The molecule has 1 aromatic carbocycles. The zero-order valence-corrected chi connectivity index (χ0v) is 12.9. The number of carboxylic acid groups (broad SMARTS) is 1. The van der Waals surface area contributed by atoms with Gasteiger partial charge in [0.25, 0.3) is 0 Å². The van der Waals surface area contributed by atoms with E-state index in [4.69, 9.17) is 9.84 Å². The molecule has 0 aliphatic carbocycles. The average molecular weight is 319 g/mol. The lowest BCUT2D eigenvalue weighted by Crippen LogP contribution is -2.39. The van der Waals surface area contributed by atoms with E-state index >= 15 is 0 Å². The van der Waals surface area contributed by atoms with Gasteiger partial charge in [0.15, 0.2) is 6.04 Å². The van der Waals surface area contributed by atoms with Crippen LogP contribution in [0, 0.1) is 0 Å². The third kappa shape index (κ3) is 3.10. The fraction of sp³-hybridized carbons (Fsp3) is 0.333. The first-order valence-corrected chi connectivity index (χ1v) is 7.93. The highest BCUT2D eigenvalue weighted by Crippen LogP contribution is 2.30. The van der Waals surface area contributed by atoms with Crippen LogP contribution >= 0.6 is 11.8 Å². The second-order valence-corrected chi connectivity index (χ2v) is 6.04. The van der Waals surface area contributed by atoms with E-state index in [1.54, 1.807) is 18.9 Å². The number of aliphatic imine (C=N–C) groups is 1. The summed E-state index contributed by atoms with van der Waals surface area (Å²) in [6.45, 7) is 1.32. The smallest absolute Gasteiger partial charge is 0.329 e. The van der Waals surface area contributed by atoms with E-state index in [-0.39, 0.29) is 0 Å². The Morgan fingerprint density at radius 1 is 1.41 bits per heavy atom. The van der Waals surface area contributed by atoms with Gasteiger partial charge in [-0.15, -0.1) is 11.8 Å². The fourth-order valence-electron chi connectivity index (χ4n) is 2.38. The van der Waals surface area contributed by atoms with Crippen LogP contribution in [0.4, 0.5) is 5.69 Å². The van der Waals surface area contributed by atoms with Gasteiger partial charge in [0.05, 0.1) is 17.7 Å². The van der Waals surface area contributed by atoms with Crippen LogP contribution in [0.2, 0.25) is 0 Å². The predicted octanol–water partition coefficient (Wildman–Crippen LogP) is 1.56. The molecule has 0 amide bonds. The molecule has 1 unspecified atom stereocenters. The van der Waals surface area contributed by atoms with Crippen LogP contribution in [0.1, 0.15) is 0 Å². The minimum Gasteiger partial charge on any atom is -0.497 e. The second kappa shape index (κ2) is 6.41. The van der Waals surface area contributed by atoms with E-state index in [9.17, 15) is 4.79 Å². The molecule has 3 N–H and O–H groups in total. The number of ether oxygens (including phenoxy) is 1. The zero-order chi connectivity index (χ0) is 15.5. The summed E-state index contributed by atoms with van der Waals surface area (Å²) in [4.78, 5) is 16.5. The molecule has 2 heterocycles. The number of nitrogens with one attached hydrogen (secondary N) is 2. The molecule has 0 saturated carbocycles. The lowest BCUT2D eigenvalue weighted by Gasteiger charge is -2.28. The Morgan fingerprint density at radius 3 is 2.86 bits per heavy atom. The molecule has 3 rings (SSSR count). The van der Waals surface area contributed by atoms with Crippen LogP contribution in [0.25, 0.3) is 0 Å². The van der Waals surface area contributed by atoms with E-state index in [1.165, 1.54) is 0 Å². The molecule has 2 aliphatic rings. The number of aliphatic carboxylic acids is 1. The van der Waals surface area contributed by atoms with Crippen LogP contribution in [0.15, 0.2) is 39.9 Å². The van der Waals surface area contributed by atoms with Crippen LogP contribution in [0.3, 0.4) is 0 Å². The third-order valence-electron chi connectivity index (χ3n) is 3.50. The Bertz CT molecular complexity index is 640. The number of hydrogen-bond acceptors (Lipinski definition) is 6. The van der Waals surface area contributed by atoms with E-state index in [1.807, 2.05) is 24.3 Å². The number of hydrogen-bond donors (Lipinski definition) is 3. The number of carboxylic acids is 1.